The molecule has 27 heavy (non-hydrogen) atoms. The van der Waals surface area contributed by atoms with Gasteiger partial charge in [-0.15, -0.1) is 0 Å². The predicted molar refractivity (Wildman–Crippen MR) is 103 cm³/mol. The fourth-order valence-electron chi connectivity index (χ4n) is 3.27. The number of nitrogens with zero attached hydrogens (tertiary/aromatic N) is 2. The number of carbonyl (C=O) groups is 1. The molecular weight excluding hydrogens is 346 g/mol. The number of rotatable bonds is 7. The van der Waals surface area contributed by atoms with Crippen molar-refractivity contribution in [2.45, 2.75) is 25.8 Å². The molecule has 1 N–H and O–H groups in total. The van der Waals surface area contributed by atoms with Crippen molar-refractivity contribution in [3.8, 4) is 17.2 Å². The summed E-state index contributed by atoms with van der Waals surface area (Å²) < 4.78 is 18.0. The Morgan fingerprint density at radius 2 is 1.96 bits per heavy atom. The van der Waals surface area contributed by atoms with Gasteiger partial charge in [0.05, 0.1) is 34.1 Å². The molecule has 144 valence electrons. The highest BCUT2D eigenvalue weighted by Gasteiger charge is 2.21. The quantitative estimate of drug-likeness (QED) is 0.756. The monoisotopic (exact) mass is 371 g/mol. The second-order valence-corrected chi connectivity index (χ2v) is 6.34. The maximum atomic E-state index is 12.5. The van der Waals surface area contributed by atoms with Gasteiger partial charge in [0.2, 0.25) is 11.7 Å². The van der Waals surface area contributed by atoms with Crippen molar-refractivity contribution in [2.24, 2.45) is 5.92 Å². The predicted octanol–water partition coefficient (Wildman–Crippen LogP) is 3.25. The molecule has 0 radical (unpaired) electrons. The maximum absolute atomic E-state index is 12.5. The topological polar surface area (TPSA) is 74.6 Å². The van der Waals surface area contributed by atoms with Crippen LogP contribution in [-0.2, 0) is 11.3 Å². The van der Waals surface area contributed by atoms with Gasteiger partial charge in [-0.25, -0.2) is 4.68 Å². The zero-order chi connectivity index (χ0) is 19.2. The molecule has 0 bridgehead atoms. The number of aromatic nitrogens is 2. The highest BCUT2D eigenvalue weighted by molar-refractivity contribution is 5.92. The largest absolute Gasteiger partial charge is 0.493 e. The van der Waals surface area contributed by atoms with Crippen LogP contribution in [0.15, 0.2) is 36.5 Å². The van der Waals surface area contributed by atoms with Gasteiger partial charge >= 0.3 is 0 Å². The smallest absolute Gasteiger partial charge is 0.228 e. The lowest BCUT2D eigenvalue weighted by Gasteiger charge is -2.19. The van der Waals surface area contributed by atoms with Crippen molar-refractivity contribution in [1.82, 2.24) is 9.78 Å². The van der Waals surface area contributed by atoms with Crippen LogP contribution in [0.3, 0.4) is 0 Å². The van der Waals surface area contributed by atoms with Gasteiger partial charge < -0.3 is 19.5 Å². The van der Waals surface area contributed by atoms with E-state index in [2.05, 4.69) is 22.6 Å². The fourth-order valence-corrected chi connectivity index (χ4v) is 3.27. The van der Waals surface area contributed by atoms with E-state index in [1.807, 2.05) is 12.1 Å². The maximum Gasteiger partial charge on any atom is 0.228 e. The molecule has 2 aromatic rings. The number of methoxy groups -OCH3 is 3. The summed E-state index contributed by atoms with van der Waals surface area (Å²) >= 11 is 0. The van der Waals surface area contributed by atoms with E-state index in [0.29, 0.717) is 29.6 Å². The third kappa shape index (κ3) is 4.07. The molecule has 1 aliphatic carbocycles. The molecule has 0 unspecified atom stereocenters. The lowest BCUT2D eigenvalue weighted by Crippen LogP contribution is -2.25. The van der Waals surface area contributed by atoms with Crippen LogP contribution >= 0.6 is 0 Å². The van der Waals surface area contributed by atoms with Crippen molar-refractivity contribution < 1.29 is 19.0 Å². The average Bonchev–Trinajstić information content (AvgIpc) is 3.14. The molecule has 1 aromatic carbocycles. The molecule has 1 heterocycles. The molecule has 1 atom stereocenters. The molecule has 1 amide bonds. The molecule has 7 heteroatoms. The average molecular weight is 371 g/mol. The molecule has 0 fully saturated rings. The first kappa shape index (κ1) is 18.8. The molecule has 7 nitrogen and oxygen atoms in total. The van der Waals surface area contributed by atoms with E-state index >= 15 is 0 Å². The summed E-state index contributed by atoms with van der Waals surface area (Å²) in [6.45, 7) is 0.427. The highest BCUT2D eigenvalue weighted by Crippen LogP contribution is 2.40. The molecule has 1 aromatic heterocycles. The number of carbonyl (C=O) groups excluding carboxylic acids is 1. The van der Waals surface area contributed by atoms with Crippen molar-refractivity contribution in [1.29, 1.82) is 0 Å². The summed E-state index contributed by atoms with van der Waals surface area (Å²) in [4.78, 5) is 12.5. The summed E-state index contributed by atoms with van der Waals surface area (Å²) in [6, 6.07) is 5.52. The zero-order valence-electron chi connectivity index (χ0n) is 15.9. The second kappa shape index (κ2) is 8.62. The number of anilines is 1. The molecule has 1 aliphatic rings. The van der Waals surface area contributed by atoms with Crippen LogP contribution < -0.4 is 19.5 Å². The minimum Gasteiger partial charge on any atom is -0.493 e. The summed E-state index contributed by atoms with van der Waals surface area (Å²) in [7, 11) is 4.74. The Kier molecular flexibility index (Phi) is 6.01. The Morgan fingerprint density at radius 1 is 1.15 bits per heavy atom. The van der Waals surface area contributed by atoms with Crippen LogP contribution in [-0.4, -0.2) is 37.0 Å². The van der Waals surface area contributed by atoms with Crippen LogP contribution in [0.4, 0.5) is 5.82 Å². The van der Waals surface area contributed by atoms with E-state index in [1.165, 1.54) is 0 Å². The van der Waals surface area contributed by atoms with E-state index in [-0.39, 0.29) is 11.8 Å². The van der Waals surface area contributed by atoms with Crippen LogP contribution in [0, 0.1) is 5.92 Å². The zero-order valence-corrected chi connectivity index (χ0v) is 15.9. The minimum atomic E-state index is 0.00830. The highest BCUT2D eigenvalue weighted by atomic mass is 16.5. The van der Waals surface area contributed by atoms with E-state index in [0.717, 1.165) is 24.8 Å². The van der Waals surface area contributed by atoms with Crippen LogP contribution in [0.2, 0.25) is 0 Å². The molecule has 3 rings (SSSR count). The standard InChI is InChI=1S/C20H25N3O4/c1-25-16-10-9-15(18(26-2)19(16)27-3)13-23-17(11-12-21-23)22-20(24)14-7-5-4-6-8-14/h4-5,9-12,14H,6-8,13H2,1-3H3,(H,22,24)/t14-/m1/s1. The number of allylic oxidation sites excluding steroid dienone is 2. The SMILES string of the molecule is COc1ccc(Cn2nccc2NC(=O)[C@@H]2CC=CCC2)c(OC)c1OC. The van der Waals surface area contributed by atoms with Crippen molar-refractivity contribution in [3.63, 3.8) is 0 Å². The molecule has 0 saturated heterocycles. The van der Waals surface area contributed by atoms with Gasteiger partial charge in [-0.3, -0.25) is 4.79 Å². The lowest BCUT2D eigenvalue weighted by atomic mass is 9.94. The number of hydrogen-bond donors (Lipinski definition) is 1. The molecule has 0 saturated carbocycles. The van der Waals surface area contributed by atoms with Gasteiger partial charge in [-0.05, 0) is 31.4 Å². The Bertz CT molecular complexity index is 829. The minimum absolute atomic E-state index is 0.00830. The summed E-state index contributed by atoms with van der Waals surface area (Å²) in [5.41, 5.74) is 0.870. The van der Waals surface area contributed by atoms with E-state index < -0.39 is 0 Å². The summed E-state index contributed by atoms with van der Waals surface area (Å²) in [5, 5.41) is 7.34. The molecule has 0 aliphatic heterocycles. The molecule has 0 spiro atoms. The first-order valence-corrected chi connectivity index (χ1v) is 8.93. The van der Waals surface area contributed by atoms with Gasteiger partial charge in [0.1, 0.15) is 5.82 Å². The van der Waals surface area contributed by atoms with Crippen molar-refractivity contribution >= 4 is 11.7 Å². The second-order valence-electron chi connectivity index (χ2n) is 6.34. The number of ether oxygens (including phenoxy) is 3. The molecular formula is C20H25N3O4. The van der Waals surface area contributed by atoms with Crippen LogP contribution in [0.25, 0.3) is 0 Å². The van der Waals surface area contributed by atoms with E-state index in [9.17, 15) is 4.79 Å². The first-order valence-electron chi connectivity index (χ1n) is 8.93. The number of nitrogens with one attached hydrogen (secondary N) is 1. The third-order valence-corrected chi connectivity index (χ3v) is 4.71. The Labute approximate surface area is 158 Å². The Hall–Kier alpha value is -2.96. The Morgan fingerprint density at radius 3 is 2.63 bits per heavy atom. The van der Waals surface area contributed by atoms with Gasteiger partial charge in [-0.1, -0.05) is 12.2 Å². The Balaban J connectivity index is 1.80. The van der Waals surface area contributed by atoms with Crippen molar-refractivity contribution in [3.05, 3.63) is 42.1 Å². The third-order valence-electron chi connectivity index (χ3n) is 4.71. The van der Waals surface area contributed by atoms with E-state index in [1.54, 1.807) is 38.3 Å². The number of amides is 1. The van der Waals surface area contributed by atoms with E-state index in [4.69, 9.17) is 14.2 Å². The number of benzene rings is 1. The fraction of sp³-hybridized carbons (Fsp3) is 0.400. The van der Waals surface area contributed by atoms with Gasteiger partial charge in [-0.2, -0.15) is 5.10 Å². The lowest BCUT2D eigenvalue weighted by molar-refractivity contribution is -0.120. The first-order chi connectivity index (χ1) is 13.2. The van der Waals surface area contributed by atoms with Gasteiger partial charge in [0.25, 0.3) is 0 Å². The summed E-state index contributed by atoms with van der Waals surface area (Å²) in [6.07, 6.45) is 8.46. The van der Waals surface area contributed by atoms with Gasteiger partial charge in [0.15, 0.2) is 11.5 Å². The number of hydrogen-bond acceptors (Lipinski definition) is 5. The van der Waals surface area contributed by atoms with Gasteiger partial charge in [0, 0.05) is 17.5 Å². The van der Waals surface area contributed by atoms with Crippen molar-refractivity contribution in [2.75, 3.05) is 26.6 Å². The van der Waals surface area contributed by atoms with Crippen LogP contribution in [0.1, 0.15) is 24.8 Å². The normalized spacial score (nSPS) is 16.0. The summed E-state index contributed by atoms with van der Waals surface area (Å²) in [5.74, 6) is 2.41. The van der Waals surface area contributed by atoms with Crippen LogP contribution in [0.5, 0.6) is 17.2 Å².